The molecular formula is C4H11NaO6S4. The topological polar surface area (TPSA) is 109 Å². The van der Waals surface area contributed by atoms with Crippen LogP contribution >= 0.6 is 21.6 Å². The Labute approximate surface area is 121 Å². The maximum absolute atomic E-state index is 10.2. The molecule has 0 aliphatic heterocycles. The first kappa shape index (κ1) is 18.9. The van der Waals surface area contributed by atoms with E-state index in [9.17, 15) is 16.8 Å². The molecule has 0 amide bonds. The minimum atomic E-state index is -3.94. The largest absolute Gasteiger partial charge is 1.00 e. The molecule has 11 heteroatoms. The predicted octanol–water partition coefficient (Wildman–Crippen LogP) is -2.74. The van der Waals surface area contributed by atoms with Crippen molar-refractivity contribution in [2.24, 2.45) is 0 Å². The molecule has 88 valence electrons. The summed E-state index contributed by atoms with van der Waals surface area (Å²) in [4.78, 5) is 0. The summed E-state index contributed by atoms with van der Waals surface area (Å²) in [5.41, 5.74) is 0. The number of hydrogen-bond acceptors (Lipinski definition) is 6. The smallest absolute Gasteiger partial charge is 1.00 e. The van der Waals surface area contributed by atoms with E-state index in [-0.39, 0.29) is 54.0 Å². The van der Waals surface area contributed by atoms with Gasteiger partial charge in [-0.1, -0.05) is 21.6 Å². The van der Waals surface area contributed by atoms with Crippen LogP contribution in [0.5, 0.6) is 0 Å². The summed E-state index contributed by atoms with van der Waals surface area (Å²) in [6.07, 6.45) is 0. The summed E-state index contributed by atoms with van der Waals surface area (Å²) in [7, 11) is -5.64. The summed E-state index contributed by atoms with van der Waals surface area (Å²) in [5, 5.41) is 0. The van der Waals surface area contributed by atoms with E-state index in [0.717, 1.165) is 21.6 Å². The fourth-order valence-corrected chi connectivity index (χ4v) is 4.79. The van der Waals surface area contributed by atoms with E-state index >= 15 is 0 Å². The van der Waals surface area contributed by atoms with Crippen LogP contribution in [0, 0.1) is 0 Å². The van der Waals surface area contributed by atoms with Crippen molar-refractivity contribution in [2.75, 3.05) is 23.0 Å². The quantitative estimate of drug-likeness (QED) is 0.226. The first-order valence-electron chi connectivity index (χ1n) is 3.35. The molecule has 0 atom stereocenters. The minimum absolute atomic E-state index is 0. The van der Waals surface area contributed by atoms with Crippen LogP contribution < -0.4 is 29.6 Å². The zero-order valence-electron chi connectivity index (χ0n) is 8.99. The second kappa shape index (κ2) is 8.59. The van der Waals surface area contributed by atoms with Crippen molar-refractivity contribution in [1.29, 1.82) is 0 Å². The van der Waals surface area contributed by atoms with Crippen LogP contribution in [0.15, 0.2) is 0 Å². The average molecular weight is 306 g/mol. The Morgan fingerprint density at radius 2 is 1.13 bits per heavy atom. The van der Waals surface area contributed by atoms with Gasteiger partial charge in [0.05, 0.1) is 11.5 Å². The molecule has 6 nitrogen and oxygen atoms in total. The molecule has 0 aliphatic carbocycles. The second-order valence-electron chi connectivity index (χ2n) is 2.22. The Balaban J connectivity index is -0.000000845. The third kappa shape index (κ3) is 18.1. The van der Waals surface area contributed by atoms with Gasteiger partial charge in [-0.05, 0) is 0 Å². The Kier molecular flexibility index (Phi) is 10.8. The van der Waals surface area contributed by atoms with Gasteiger partial charge in [-0.25, -0.2) is 0 Å². The van der Waals surface area contributed by atoms with Crippen molar-refractivity contribution in [2.45, 2.75) is 0 Å². The molecule has 0 unspecified atom stereocenters. The summed E-state index contributed by atoms with van der Waals surface area (Å²) in [6.45, 7) is 0. The van der Waals surface area contributed by atoms with Crippen molar-refractivity contribution in [3.8, 4) is 0 Å². The summed E-state index contributed by atoms with van der Waals surface area (Å²) >= 11 is 0. The SMILES string of the molecule is O=S(=O)(O)CCSSCCS(=O)(=O)O.[H-].[Na+]. The molecule has 0 radical (unpaired) electrons. The molecule has 15 heavy (non-hydrogen) atoms. The van der Waals surface area contributed by atoms with E-state index in [1.54, 1.807) is 0 Å². The van der Waals surface area contributed by atoms with E-state index in [1.807, 2.05) is 0 Å². The minimum Gasteiger partial charge on any atom is -1.00 e. The molecule has 2 N–H and O–H groups in total. The van der Waals surface area contributed by atoms with Gasteiger partial charge < -0.3 is 1.43 Å². The Bertz CT molecular complexity index is 317. The van der Waals surface area contributed by atoms with Crippen LogP contribution in [0.25, 0.3) is 0 Å². The van der Waals surface area contributed by atoms with Gasteiger partial charge in [0.25, 0.3) is 20.2 Å². The molecule has 0 aromatic rings. The first-order chi connectivity index (χ1) is 6.21. The van der Waals surface area contributed by atoms with Crippen molar-refractivity contribution in [3.63, 3.8) is 0 Å². The third-order valence-electron chi connectivity index (χ3n) is 0.933. The fraction of sp³-hybridized carbons (Fsp3) is 1.00. The molecule has 0 saturated carbocycles. The predicted molar refractivity (Wildman–Crippen MR) is 58.9 cm³/mol. The molecule has 0 saturated heterocycles. The zero-order chi connectivity index (χ0) is 11.2. The van der Waals surface area contributed by atoms with E-state index in [4.69, 9.17) is 9.11 Å². The first-order valence-corrected chi connectivity index (χ1v) is 9.06. The molecule has 0 rings (SSSR count). The number of hydrogen-bond donors (Lipinski definition) is 2. The monoisotopic (exact) mass is 306 g/mol. The van der Waals surface area contributed by atoms with Gasteiger partial charge in [-0.2, -0.15) is 16.8 Å². The van der Waals surface area contributed by atoms with Crippen LogP contribution in [0.4, 0.5) is 0 Å². The van der Waals surface area contributed by atoms with Gasteiger partial charge in [-0.3, -0.25) is 9.11 Å². The maximum atomic E-state index is 10.2. The van der Waals surface area contributed by atoms with Crippen molar-refractivity contribution in [3.05, 3.63) is 0 Å². The van der Waals surface area contributed by atoms with Gasteiger partial charge in [0.2, 0.25) is 0 Å². The maximum Gasteiger partial charge on any atom is 1.00 e. The molecule has 0 spiro atoms. The van der Waals surface area contributed by atoms with E-state index < -0.39 is 20.2 Å². The molecule has 0 aromatic carbocycles. The van der Waals surface area contributed by atoms with Crippen molar-refractivity contribution < 1.29 is 56.9 Å². The van der Waals surface area contributed by atoms with E-state index in [1.165, 1.54) is 0 Å². The third-order valence-corrected chi connectivity index (χ3v) is 5.30. The fourth-order valence-electron chi connectivity index (χ4n) is 0.397. The van der Waals surface area contributed by atoms with E-state index in [0.29, 0.717) is 0 Å². The molecule has 0 heterocycles. The van der Waals surface area contributed by atoms with Gasteiger partial charge in [-0.15, -0.1) is 0 Å². The van der Waals surface area contributed by atoms with Crippen LogP contribution in [0.2, 0.25) is 0 Å². The molecule has 0 aliphatic rings. The normalized spacial score (nSPS) is 12.1. The Morgan fingerprint density at radius 3 is 1.33 bits per heavy atom. The summed E-state index contributed by atoms with van der Waals surface area (Å²) < 4.78 is 57.5. The van der Waals surface area contributed by atoms with Gasteiger partial charge >= 0.3 is 29.6 Å². The van der Waals surface area contributed by atoms with Gasteiger partial charge in [0.1, 0.15) is 0 Å². The molecular weight excluding hydrogens is 295 g/mol. The van der Waals surface area contributed by atoms with Crippen LogP contribution in [0.3, 0.4) is 0 Å². The average Bonchev–Trinajstić information content (AvgIpc) is 1.92. The standard InChI is InChI=1S/C4H10O6S4.Na.H/c5-13(6,7)3-1-11-12-2-4-14(8,9)10;;/h1-4H2,(H,5,6,7)(H,8,9,10);;/q;+1;-1. The van der Waals surface area contributed by atoms with Crippen LogP contribution in [-0.2, 0) is 20.2 Å². The van der Waals surface area contributed by atoms with Crippen molar-refractivity contribution in [1.82, 2.24) is 0 Å². The van der Waals surface area contributed by atoms with Crippen molar-refractivity contribution >= 4 is 41.8 Å². The van der Waals surface area contributed by atoms with Crippen LogP contribution in [0.1, 0.15) is 1.43 Å². The van der Waals surface area contributed by atoms with E-state index in [2.05, 4.69) is 0 Å². The Morgan fingerprint density at radius 1 is 0.867 bits per heavy atom. The molecule has 0 aromatic heterocycles. The summed E-state index contributed by atoms with van der Waals surface area (Å²) in [5.74, 6) is -0.378. The molecule has 0 bridgehead atoms. The second-order valence-corrected chi connectivity index (χ2v) is 8.06. The summed E-state index contributed by atoms with van der Waals surface area (Å²) in [6, 6.07) is 0. The zero-order valence-corrected chi connectivity index (χ0v) is 13.3. The number of rotatable bonds is 7. The Hall–Kier alpha value is 1.52. The molecule has 0 fully saturated rings. The van der Waals surface area contributed by atoms with Crippen LogP contribution in [-0.4, -0.2) is 49.0 Å². The van der Waals surface area contributed by atoms with Gasteiger partial charge in [0, 0.05) is 11.5 Å². The van der Waals surface area contributed by atoms with Gasteiger partial charge in [0.15, 0.2) is 0 Å².